The molecule has 1 fully saturated rings. The molecule has 0 aromatic heterocycles. The van der Waals surface area contributed by atoms with Crippen LogP contribution in [0, 0.1) is 5.92 Å². The SMILES string of the molecule is CC1CCN(CCCCNC(C)c2cccc(CO)c2)CC1. The summed E-state index contributed by atoms with van der Waals surface area (Å²) in [6, 6.07) is 8.56. The molecule has 22 heavy (non-hydrogen) atoms. The highest BCUT2D eigenvalue weighted by atomic mass is 16.3. The zero-order chi connectivity index (χ0) is 15.8. The standard InChI is InChI=1S/C19H32N2O/c1-16-8-12-21(13-9-16)11-4-3-10-20-17(2)19-7-5-6-18(14-19)15-22/h5-7,14,16-17,20,22H,3-4,8-13,15H2,1-2H3. The molecule has 0 spiro atoms. The van der Waals surface area contributed by atoms with Crippen molar-refractivity contribution in [1.82, 2.24) is 10.2 Å². The molecular weight excluding hydrogens is 272 g/mol. The number of hydrogen-bond acceptors (Lipinski definition) is 3. The fourth-order valence-electron chi connectivity index (χ4n) is 3.14. The molecule has 1 atom stereocenters. The highest BCUT2D eigenvalue weighted by Gasteiger charge is 2.14. The topological polar surface area (TPSA) is 35.5 Å². The molecule has 1 aromatic rings. The first-order valence-corrected chi connectivity index (χ1v) is 8.84. The molecule has 3 heteroatoms. The molecule has 1 aliphatic rings. The molecule has 0 bridgehead atoms. The first-order chi connectivity index (χ1) is 10.7. The number of unbranched alkanes of at least 4 members (excludes halogenated alkanes) is 1. The van der Waals surface area contributed by atoms with E-state index >= 15 is 0 Å². The van der Waals surface area contributed by atoms with Crippen molar-refractivity contribution in [1.29, 1.82) is 0 Å². The number of benzene rings is 1. The van der Waals surface area contributed by atoms with Gasteiger partial charge in [-0.3, -0.25) is 0 Å². The highest BCUT2D eigenvalue weighted by Crippen LogP contribution is 2.16. The third-order valence-corrected chi connectivity index (χ3v) is 4.86. The summed E-state index contributed by atoms with van der Waals surface area (Å²) in [6.45, 7) is 9.58. The quantitative estimate of drug-likeness (QED) is 0.723. The molecule has 0 radical (unpaired) electrons. The second-order valence-corrected chi connectivity index (χ2v) is 6.81. The predicted molar refractivity (Wildman–Crippen MR) is 92.9 cm³/mol. The molecule has 2 N–H and O–H groups in total. The van der Waals surface area contributed by atoms with Crippen molar-refractivity contribution in [3.8, 4) is 0 Å². The van der Waals surface area contributed by atoms with Crippen LogP contribution in [0.4, 0.5) is 0 Å². The van der Waals surface area contributed by atoms with Crippen LogP contribution in [0.25, 0.3) is 0 Å². The van der Waals surface area contributed by atoms with E-state index in [2.05, 4.69) is 36.2 Å². The van der Waals surface area contributed by atoms with Gasteiger partial charge in [0.2, 0.25) is 0 Å². The van der Waals surface area contributed by atoms with Gasteiger partial charge < -0.3 is 15.3 Å². The van der Waals surface area contributed by atoms with Gasteiger partial charge in [-0.15, -0.1) is 0 Å². The minimum Gasteiger partial charge on any atom is -0.392 e. The third kappa shape index (κ3) is 5.71. The van der Waals surface area contributed by atoms with Crippen LogP contribution in [0.1, 0.15) is 56.7 Å². The van der Waals surface area contributed by atoms with Crippen LogP contribution in [0.15, 0.2) is 24.3 Å². The highest BCUT2D eigenvalue weighted by molar-refractivity contribution is 5.25. The summed E-state index contributed by atoms with van der Waals surface area (Å²) in [6.07, 6.45) is 5.26. The molecule has 1 aliphatic heterocycles. The molecule has 1 unspecified atom stereocenters. The first kappa shape index (κ1) is 17.5. The smallest absolute Gasteiger partial charge is 0.0681 e. The second kappa shape index (κ2) is 9.29. The molecule has 1 aromatic carbocycles. The number of piperidine rings is 1. The normalized spacial score (nSPS) is 18.5. The van der Waals surface area contributed by atoms with Gasteiger partial charge in [-0.1, -0.05) is 31.2 Å². The average molecular weight is 304 g/mol. The Balaban J connectivity index is 1.59. The fourth-order valence-corrected chi connectivity index (χ4v) is 3.14. The van der Waals surface area contributed by atoms with E-state index in [1.54, 1.807) is 0 Å². The van der Waals surface area contributed by atoms with E-state index in [1.807, 2.05) is 12.1 Å². The van der Waals surface area contributed by atoms with Crippen LogP contribution in [-0.2, 0) is 6.61 Å². The van der Waals surface area contributed by atoms with Crippen molar-refractivity contribution in [2.75, 3.05) is 26.2 Å². The van der Waals surface area contributed by atoms with Crippen molar-refractivity contribution < 1.29 is 5.11 Å². The summed E-state index contributed by atoms with van der Waals surface area (Å²) >= 11 is 0. The fraction of sp³-hybridized carbons (Fsp3) is 0.684. The van der Waals surface area contributed by atoms with Gasteiger partial charge >= 0.3 is 0 Å². The van der Waals surface area contributed by atoms with Gasteiger partial charge in [-0.2, -0.15) is 0 Å². The third-order valence-electron chi connectivity index (χ3n) is 4.86. The van der Waals surface area contributed by atoms with Gasteiger partial charge in [0.25, 0.3) is 0 Å². The Labute approximate surface area is 135 Å². The summed E-state index contributed by atoms with van der Waals surface area (Å²) in [4.78, 5) is 2.62. The molecule has 3 nitrogen and oxygen atoms in total. The van der Waals surface area contributed by atoms with Crippen LogP contribution < -0.4 is 5.32 Å². The molecule has 0 amide bonds. The number of rotatable bonds is 8. The monoisotopic (exact) mass is 304 g/mol. The predicted octanol–water partition coefficient (Wildman–Crippen LogP) is 3.34. The van der Waals surface area contributed by atoms with E-state index in [9.17, 15) is 5.11 Å². The lowest BCUT2D eigenvalue weighted by atomic mass is 9.99. The summed E-state index contributed by atoms with van der Waals surface area (Å²) in [5.74, 6) is 0.924. The van der Waals surface area contributed by atoms with Crippen molar-refractivity contribution in [2.45, 2.75) is 52.2 Å². The molecule has 0 aliphatic carbocycles. The van der Waals surface area contributed by atoms with Crippen LogP contribution in [0.2, 0.25) is 0 Å². The summed E-state index contributed by atoms with van der Waals surface area (Å²) < 4.78 is 0. The second-order valence-electron chi connectivity index (χ2n) is 6.81. The van der Waals surface area contributed by atoms with E-state index in [1.165, 1.54) is 50.9 Å². The number of nitrogens with zero attached hydrogens (tertiary/aromatic N) is 1. The Kier molecular flexibility index (Phi) is 7.37. The van der Waals surface area contributed by atoms with Gasteiger partial charge in [-0.25, -0.2) is 0 Å². The lowest BCUT2D eigenvalue weighted by Crippen LogP contribution is -2.33. The van der Waals surface area contributed by atoms with E-state index in [0.29, 0.717) is 6.04 Å². The number of hydrogen-bond donors (Lipinski definition) is 2. The number of likely N-dealkylation sites (tertiary alicyclic amines) is 1. The zero-order valence-corrected chi connectivity index (χ0v) is 14.2. The molecular formula is C19H32N2O. The first-order valence-electron chi connectivity index (χ1n) is 8.84. The van der Waals surface area contributed by atoms with Gasteiger partial charge in [-0.05, 0) is 75.8 Å². The van der Waals surface area contributed by atoms with Crippen LogP contribution in [0.3, 0.4) is 0 Å². The Morgan fingerprint density at radius 3 is 2.77 bits per heavy atom. The molecule has 124 valence electrons. The largest absolute Gasteiger partial charge is 0.392 e. The lowest BCUT2D eigenvalue weighted by molar-refractivity contribution is 0.189. The number of nitrogens with one attached hydrogen (secondary N) is 1. The Morgan fingerprint density at radius 2 is 2.05 bits per heavy atom. The minimum absolute atomic E-state index is 0.120. The Hall–Kier alpha value is -0.900. The van der Waals surface area contributed by atoms with Crippen LogP contribution >= 0.6 is 0 Å². The molecule has 0 saturated carbocycles. The van der Waals surface area contributed by atoms with Gasteiger partial charge in [0.05, 0.1) is 6.61 Å². The van der Waals surface area contributed by atoms with E-state index in [0.717, 1.165) is 18.0 Å². The summed E-state index contributed by atoms with van der Waals surface area (Å²) in [7, 11) is 0. The van der Waals surface area contributed by atoms with Gasteiger partial charge in [0.15, 0.2) is 0 Å². The van der Waals surface area contributed by atoms with Gasteiger partial charge in [0, 0.05) is 6.04 Å². The van der Waals surface area contributed by atoms with Crippen molar-refractivity contribution in [3.63, 3.8) is 0 Å². The van der Waals surface area contributed by atoms with Crippen molar-refractivity contribution in [3.05, 3.63) is 35.4 Å². The van der Waals surface area contributed by atoms with E-state index in [4.69, 9.17) is 0 Å². The van der Waals surface area contributed by atoms with Gasteiger partial charge in [0.1, 0.15) is 0 Å². The maximum absolute atomic E-state index is 9.20. The van der Waals surface area contributed by atoms with Crippen LogP contribution in [-0.4, -0.2) is 36.2 Å². The summed E-state index contributed by atoms with van der Waals surface area (Å²) in [5, 5.41) is 12.8. The van der Waals surface area contributed by atoms with Crippen molar-refractivity contribution in [2.24, 2.45) is 5.92 Å². The zero-order valence-electron chi connectivity index (χ0n) is 14.2. The average Bonchev–Trinajstić information content (AvgIpc) is 2.56. The number of aliphatic hydroxyl groups is 1. The summed E-state index contributed by atoms with van der Waals surface area (Å²) in [5.41, 5.74) is 2.25. The maximum atomic E-state index is 9.20. The minimum atomic E-state index is 0.120. The van der Waals surface area contributed by atoms with Crippen molar-refractivity contribution >= 4 is 0 Å². The maximum Gasteiger partial charge on any atom is 0.0681 e. The Bertz CT molecular complexity index is 427. The molecule has 1 heterocycles. The molecule has 2 rings (SSSR count). The number of aliphatic hydroxyl groups excluding tert-OH is 1. The van der Waals surface area contributed by atoms with Crippen LogP contribution in [0.5, 0.6) is 0 Å². The lowest BCUT2D eigenvalue weighted by Gasteiger charge is -2.30. The Morgan fingerprint density at radius 1 is 1.27 bits per heavy atom. The molecule has 1 saturated heterocycles. The van der Waals surface area contributed by atoms with E-state index < -0.39 is 0 Å². The van der Waals surface area contributed by atoms with E-state index in [-0.39, 0.29) is 6.61 Å².